The Kier molecular flexibility index (Phi) is 1.32. The van der Waals surface area contributed by atoms with Crippen LogP contribution in [0.4, 0.5) is 0 Å². The summed E-state index contributed by atoms with van der Waals surface area (Å²) in [5.41, 5.74) is 0. The Hall–Kier alpha value is -0.0600. The van der Waals surface area contributed by atoms with Crippen LogP contribution in [-0.2, 0) is 4.79 Å². The molecule has 0 aliphatic carbocycles. The molecule has 38 valence electrons. The first kappa shape index (κ1) is 5.08. The van der Waals surface area contributed by atoms with Gasteiger partial charge in [0.05, 0.1) is 22.9 Å². The highest BCUT2D eigenvalue weighted by Crippen LogP contribution is 2.10. The molecule has 0 unspecified atom stereocenters. The standard InChI is InChI=1S/C4H4INO/c5-6-3-1-2-4(6)7/h1,3H,2H2. The predicted molar refractivity (Wildman–Crippen MR) is 34.6 cm³/mol. The smallest absolute Gasteiger partial charge is 0.239 e. The summed E-state index contributed by atoms with van der Waals surface area (Å²) in [4.78, 5) is 10.4. The van der Waals surface area contributed by atoms with Gasteiger partial charge in [0.2, 0.25) is 5.91 Å². The number of carbonyl (C=O) groups is 1. The molecule has 0 saturated heterocycles. The van der Waals surface area contributed by atoms with Crippen molar-refractivity contribution in [2.45, 2.75) is 6.42 Å². The van der Waals surface area contributed by atoms with E-state index in [2.05, 4.69) is 0 Å². The summed E-state index contributed by atoms with van der Waals surface area (Å²) in [6.45, 7) is 0. The molecule has 1 rings (SSSR count). The van der Waals surface area contributed by atoms with Crippen molar-refractivity contribution in [3.05, 3.63) is 12.3 Å². The quantitative estimate of drug-likeness (QED) is 0.431. The summed E-state index contributed by atoms with van der Waals surface area (Å²) >= 11 is 1.95. The summed E-state index contributed by atoms with van der Waals surface area (Å²) in [5, 5.41) is 0. The molecule has 0 aromatic carbocycles. The summed E-state index contributed by atoms with van der Waals surface area (Å²) in [6, 6.07) is 0. The Morgan fingerprint density at radius 2 is 2.57 bits per heavy atom. The second kappa shape index (κ2) is 1.81. The van der Waals surface area contributed by atoms with Crippen LogP contribution in [0.15, 0.2) is 12.3 Å². The fourth-order valence-electron chi connectivity index (χ4n) is 0.416. The maximum absolute atomic E-state index is 10.4. The zero-order chi connectivity index (χ0) is 5.28. The largest absolute Gasteiger partial charge is 0.273 e. The average Bonchev–Trinajstić information content (AvgIpc) is 1.91. The maximum atomic E-state index is 10.4. The van der Waals surface area contributed by atoms with E-state index in [0.717, 1.165) is 0 Å². The Morgan fingerprint density at radius 1 is 1.86 bits per heavy atom. The number of carbonyl (C=O) groups excluding carboxylic acids is 1. The third-order valence-corrected chi connectivity index (χ3v) is 1.63. The van der Waals surface area contributed by atoms with Gasteiger partial charge in [0.15, 0.2) is 0 Å². The van der Waals surface area contributed by atoms with Crippen molar-refractivity contribution in [3.8, 4) is 0 Å². The zero-order valence-corrected chi connectivity index (χ0v) is 5.75. The number of hydrogen-bond acceptors (Lipinski definition) is 1. The summed E-state index contributed by atoms with van der Waals surface area (Å²) in [7, 11) is 0. The lowest BCUT2D eigenvalue weighted by Gasteiger charge is -1.96. The van der Waals surface area contributed by atoms with Crippen LogP contribution >= 0.6 is 22.9 Å². The van der Waals surface area contributed by atoms with Crippen LogP contribution in [0.2, 0.25) is 0 Å². The number of amides is 1. The van der Waals surface area contributed by atoms with E-state index in [1.165, 1.54) is 0 Å². The topological polar surface area (TPSA) is 20.3 Å². The van der Waals surface area contributed by atoms with E-state index < -0.39 is 0 Å². The normalized spacial score (nSPS) is 19.0. The molecule has 0 saturated carbocycles. The molecular weight excluding hydrogens is 205 g/mol. The van der Waals surface area contributed by atoms with Gasteiger partial charge in [-0.25, -0.2) is 0 Å². The Bertz CT molecular complexity index is 121. The van der Waals surface area contributed by atoms with E-state index in [-0.39, 0.29) is 5.91 Å². The van der Waals surface area contributed by atoms with Crippen molar-refractivity contribution in [1.29, 1.82) is 0 Å². The highest BCUT2D eigenvalue weighted by atomic mass is 127. The minimum atomic E-state index is 0.167. The van der Waals surface area contributed by atoms with E-state index in [1.807, 2.05) is 28.9 Å². The van der Waals surface area contributed by atoms with Gasteiger partial charge in [0.25, 0.3) is 0 Å². The van der Waals surface area contributed by atoms with Crippen LogP contribution in [0.3, 0.4) is 0 Å². The Morgan fingerprint density at radius 3 is 2.71 bits per heavy atom. The van der Waals surface area contributed by atoms with E-state index in [0.29, 0.717) is 6.42 Å². The molecule has 1 amide bonds. The molecule has 0 bridgehead atoms. The van der Waals surface area contributed by atoms with E-state index in [1.54, 1.807) is 9.31 Å². The molecule has 0 fully saturated rings. The Labute approximate surface area is 55.7 Å². The first-order chi connectivity index (χ1) is 3.30. The van der Waals surface area contributed by atoms with Crippen molar-refractivity contribution in [3.63, 3.8) is 0 Å². The second-order valence-electron chi connectivity index (χ2n) is 1.29. The molecular formula is C4H4INO. The summed E-state index contributed by atoms with van der Waals surface area (Å²) < 4.78 is 1.55. The van der Waals surface area contributed by atoms with Crippen LogP contribution < -0.4 is 0 Å². The summed E-state index contributed by atoms with van der Waals surface area (Å²) in [5.74, 6) is 0.167. The average molecular weight is 209 g/mol. The predicted octanol–water partition coefficient (Wildman–Crippen LogP) is 1.08. The van der Waals surface area contributed by atoms with Crippen molar-refractivity contribution >= 4 is 28.8 Å². The maximum Gasteiger partial charge on any atom is 0.239 e. The molecule has 0 spiro atoms. The summed E-state index contributed by atoms with van der Waals surface area (Å²) in [6.07, 6.45) is 4.18. The molecule has 0 aromatic heterocycles. The molecule has 1 aliphatic heterocycles. The van der Waals surface area contributed by atoms with Crippen molar-refractivity contribution in [1.82, 2.24) is 3.11 Å². The van der Waals surface area contributed by atoms with Crippen molar-refractivity contribution in [2.24, 2.45) is 0 Å². The number of rotatable bonds is 0. The monoisotopic (exact) mass is 209 g/mol. The molecule has 0 atom stereocenters. The molecule has 7 heavy (non-hydrogen) atoms. The van der Waals surface area contributed by atoms with E-state index in [9.17, 15) is 4.79 Å². The second-order valence-corrected chi connectivity index (χ2v) is 2.33. The van der Waals surface area contributed by atoms with Gasteiger partial charge in [-0.2, -0.15) is 0 Å². The Balaban J connectivity index is 2.62. The van der Waals surface area contributed by atoms with Gasteiger partial charge in [0.1, 0.15) is 0 Å². The van der Waals surface area contributed by atoms with Gasteiger partial charge >= 0.3 is 0 Å². The lowest BCUT2D eigenvalue weighted by Crippen LogP contribution is -2.06. The third-order valence-electron chi connectivity index (χ3n) is 0.767. The van der Waals surface area contributed by atoms with Crippen LogP contribution in [-0.4, -0.2) is 9.02 Å². The highest BCUT2D eigenvalue weighted by Gasteiger charge is 2.09. The van der Waals surface area contributed by atoms with Crippen molar-refractivity contribution in [2.75, 3.05) is 0 Å². The molecule has 0 N–H and O–H groups in total. The van der Waals surface area contributed by atoms with Crippen LogP contribution in [0.1, 0.15) is 6.42 Å². The van der Waals surface area contributed by atoms with Gasteiger partial charge in [0, 0.05) is 12.6 Å². The zero-order valence-electron chi connectivity index (χ0n) is 3.60. The van der Waals surface area contributed by atoms with Gasteiger partial charge in [-0.3, -0.25) is 7.91 Å². The minimum Gasteiger partial charge on any atom is -0.273 e. The lowest BCUT2D eigenvalue weighted by molar-refractivity contribution is -0.121. The molecule has 1 aliphatic rings. The highest BCUT2D eigenvalue weighted by molar-refractivity contribution is 14.1. The molecule has 1 heterocycles. The van der Waals surface area contributed by atoms with Crippen LogP contribution in [0, 0.1) is 0 Å². The third kappa shape index (κ3) is 0.933. The van der Waals surface area contributed by atoms with Crippen LogP contribution in [0.5, 0.6) is 0 Å². The van der Waals surface area contributed by atoms with Gasteiger partial charge in [-0.15, -0.1) is 0 Å². The van der Waals surface area contributed by atoms with Crippen molar-refractivity contribution < 1.29 is 4.79 Å². The first-order valence-corrected chi connectivity index (χ1v) is 2.91. The molecule has 0 aromatic rings. The molecule has 2 nitrogen and oxygen atoms in total. The number of hydrogen-bond donors (Lipinski definition) is 0. The van der Waals surface area contributed by atoms with E-state index >= 15 is 0 Å². The number of nitrogens with zero attached hydrogens (tertiary/aromatic N) is 1. The lowest BCUT2D eigenvalue weighted by atomic mass is 10.5. The van der Waals surface area contributed by atoms with Crippen LogP contribution in [0.25, 0.3) is 0 Å². The van der Waals surface area contributed by atoms with Gasteiger partial charge < -0.3 is 0 Å². The first-order valence-electron chi connectivity index (χ1n) is 1.95. The molecule has 0 radical (unpaired) electrons. The fraction of sp³-hybridized carbons (Fsp3) is 0.250. The molecule has 3 heteroatoms. The fourth-order valence-corrected chi connectivity index (χ4v) is 0.841. The van der Waals surface area contributed by atoms with E-state index in [4.69, 9.17) is 0 Å². The van der Waals surface area contributed by atoms with Gasteiger partial charge in [-0.05, 0) is 0 Å². The number of halogens is 1. The minimum absolute atomic E-state index is 0.167. The van der Waals surface area contributed by atoms with Gasteiger partial charge in [-0.1, -0.05) is 6.08 Å². The SMILES string of the molecule is O=C1CC=CN1I.